The summed E-state index contributed by atoms with van der Waals surface area (Å²) in [5, 5.41) is 13.7. The lowest BCUT2D eigenvalue weighted by Gasteiger charge is -2.29. The predicted octanol–water partition coefficient (Wildman–Crippen LogP) is 1.41. The average Bonchev–Trinajstić information content (AvgIpc) is 2.88. The van der Waals surface area contributed by atoms with Gasteiger partial charge in [-0.25, -0.2) is 9.97 Å². The lowest BCUT2D eigenvalue weighted by molar-refractivity contribution is 0.191. The van der Waals surface area contributed by atoms with Gasteiger partial charge in [0.05, 0.1) is 6.10 Å². The van der Waals surface area contributed by atoms with Crippen molar-refractivity contribution in [3.8, 4) is 0 Å². The van der Waals surface area contributed by atoms with Crippen LogP contribution in [0.3, 0.4) is 0 Å². The van der Waals surface area contributed by atoms with Crippen molar-refractivity contribution < 1.29 is 5.11 Å². The Bertz CT molecular complexity index is 783. The number of aliphatic hydroxyl groups is 1. The number of nitrogens with zero attached hydrogens (tertiary/aromatic N) is 5. The number of nitrogens with one attached hydrogen (secondary N) is 1. The van der Waals surface area contributed by atoms with Crippen molar-refractivity contribution in [1.29, 1.82) is 0 Å². The number of likely N-dealkylation sites (N-methyl/N-ethyl adjacent to an activating group) is 1. The molecule has 0 unspecified atom stereocenters. The highest BCUT2D eigenvalue weighted by molar-refractivity contribution is 5.57. The molecule has 1 aromatic heterocycles. The summed E-state index contributed by atoms with van der Waals surface area (Å²) in [6.07, 6.45) is 2.12. The van der Waals surface area contributed by atoms with Gasteiger partial charge in [-0.2, -0.15) is 0 Å². The van der Waals surface area contributed by atoms with Crippen molar-refractivity contribution in [3.63, 3.8) is 0 Å². The summed E-state index contributed by atoms with van der Waals surface area (Å²) in [6, 6.07) is 10.8. The quantitative estimate of drug-likeness (QED) is 0.846. The van der Waals surface area contributed by atoms with Crippen LogP contribution in [0.25, 0.3) is 0 Å². The third-order valence-electron chi connectivity index (χ3n) is 5.30. The molecule has 7 nitrogen and oxygen atoms in total. The van der Waals surface area contributed by atoms with Gasteiger partial charge in [0.2, 0.25) is 0 Å². The van der Waals surface area contributed by atoms with E-state index in [0.29, 0.717) is 6.54 Å². The lowest BCUT2D eigenvalue weighted by atomic mass is 10.1. The van der Waals surface area contributed by atoms with Gasteiger partial charge >= 0.3 is 0 Å². The van der Waals surface area contributed by atoms with Crippen molar-refractivity contribution in [2.45, 2.75) is 25.1 Å². The van der Waals surface area contributed by atoms with E-state index in [2.05, 4.69) is 74.4 Å². The molecule has 1 fully saturated rings. The fourth-order valence-corrected chi connectivity index (χ4v) is 4.07. The van der Waals surface area contributed by atoms with Crippen LogP contribution in [0.5, 0.6) is 0 Å². The Balaban J connectivity index is 1.57. The van der Waals surface area contributed by atoms with Crippen LogP contribution in [0.15, 0.2) is 36.7 Å². The highest BCUT2D eigenvalue weighted by Gasteiger charge is 2.32. The summed E-state index contributed by atoms with van der Waals surface area (Å²) in [5.74, 6) is 1.83. The standard InChI is InChI=1S/C20H28N6O/c1-24(2)12-16-9-17(27)13-26(16)20-10-19(22-14-23-20)25-8-7-21-18-6-4-3-5-15(18)11-25/h3-6,10,14,16-17,21,27H,7-9,11-13H2,1-2H3/t16-,17-/m1/s1. The molecule has 4 rings (SSSR count). The smallest absolute Gasteiger partial charge is 0.134 e. The molecule has 0 aliphatic carbocycles. The molecule has 1 saturated heterocycles. The molecule has 2 aliphatic heterocycles. The fourth-order valence-electron chi connectivity index (χ4n) is 4.07. The Hall–Kier alpha value is -2.38. The number of para-hydroxylation sites is 1. The van der Waals surface area contributed by atoms with E-state index in [-0.39, 0.29) is 12.1 Å². The molecule has 3 heterocycles. The molecule has 2 aromatic rings. The van der Waals surface area contributed by atoms with Crippen LogP contribution in [0.2, 0.25) is 0 Å². The third kappa shape index (κ3) is 3.99. The first kappa shape index (κ1) is 18.0. The second-order valence-electron chi connectivity index (χ2n) is 7.70. The SMILES string of the molecule is CN(C)C[C@H]1C[C@@H](O)CN1c1cc(N2CCNc3ccccc3C2)ncn1. The second-order valence-corrected chi connectivity index (χ2v) is 7.70. The summed E-state index contributed by atoms with van der Waals surface area (Å²) < 4.78 is 0. The zero-order chi connectivity index (χ0) is 18.8. The Morgan fingerprint density at radius 3 is 2.89 bits per heavy atom. The van der Waals surface area contributed by atoms with E-state index in [4.69, 9.17) is 0 Å². The Labute approximate surface area is 160 Å². The summed E-state index contributed by atoms with van der Waals surface area (Å²) in [5.41, 5.74) is 2.47. The van der Waals surface area contributed by atoms with E-state index < -0.39 is 0 Å². The molecule has 2 N–H and O–H groups in total. The van der Waals surface area contributed by atoms with Crippen LogP contribution in [-0.2, 0) is 6.54 Å². The van der Waals surface area contributed by atoms with Crippen molar-refractivity contribution >= 4 is 17.3 Å². The number of rotatable bonds is 4. The number of anilines is 3. The minimum atomic E-state index is -0.303. The first-order chi connectivity index (χ1) is 13.1. The topological polar surface area (TPSA) is 67.8 Å². The maximum Gasteiger partial charge on any atom is 0.134 e. The van der Waals surface area contributed by atoms with Gasteiger partial charge in [-0.3, -0.25) is 0 Å². The van der Waals surface area contributed by atoms with E-state index >= 15 is 0 Å². The number of aliphatic hydroxyl groups excluding tert-OH is 1. The van der Waals surface area contributed by atoms with E-state index in [1.165, 1.54) is 11.3 Å². The minimum absolute atomic E-state index is 0.268. The third-order valence-corrected chi connectivity index (χ3v) is 5.30. The first-order valence-electron chi connectivity index (χ1n) is 9.58. The number of aromatic nitrogens is 2. The summed E-state index contributed by atoms with van der Waals surface area (Å²) in [6.45, 7) is 4.11. The number of β-amino-alcohol motifs (C(OH)–C–C–N with tert-alkyl or cyclic N) is 1. The minimum Gasteiger partial charge on any atom is -0.391 e. The van der Waals surface area contributed by atoms with Crippen LogP contribution in [-0.4, -0.2) is 72.4 Å². The fraction of sp³-hybridized carbons (Fsp3) is 0.500. The summed E-state index contributed by atoms with van der Waals surface area (Å²) in [7, 11) is 4.13. The maximum atomic E-state index is 10.2. The number of hydrogen-bond donors (Lipinski definition) is 2. The van der Waals surface area contributed by atoms with E-state index in [0.717, 1.165) is 44.2 Å². The van der Waals surface area contributed by atoms with Gasteiger partial charge in [0, 0.05) is 50.5 Å². The van der Waals surface area contributed by atoms with Crippen molar-refractivity contribution in [1.82, 2.24) is 14.9 Å². The molecule has 0 bridgehead atoms. The average molecular weight is 368 g/mol. The van der Waals surface area contributed by atoms with Gasteiger partial charge in [-0.05, 0) is 32.1 Å². The van der Waals surface area contributed by atoms with Crippen molar-refractivity contribution in [2.24, 2.45) is 0 Å². The zero-order valence-electron chi connectivity index (χ0n) is 16.0. The number of benzene rings is 1. The molecular formula is C20H28N6O. The van der Waals surface area contributed by atoms with Crippen LogP contribution in [0.4, 0.5) is 17.3 Å². The van der Waals surface area contributed by atoms with Gasteiger partial charge in [0.1, 0.15) is 18.0 Å². The van der Waals surface area contributed by atoms with Gasteiger partial charge in [-0.15, -0.1) is 0 Å². The summed E-state index contributed by atoms with van der Waals surface area (Å²) >= 11 is 0. The predicted molar refractivity (Wildman–Crippen MR) is 108 cm³/mol. The Morgan fingerprint density at radius 2 is 2.04 bits per heavy atom. The molecule has 7 heteroatoms. The molecule has 0 radical (unpaired) electrons. The van der Waals surface area contributed by atoms with Crippen LogP contribution in [0.1, 0.15) is 12.0 Å². The van der Waals surface area contributed by atoms with E-state index in [1.54, 1.807) is 6.33 Å². The highest BCUT2D eigenvalue weighted by Crippen LogP contribution is 2.28. The molecule has 0 spiro atoms. The Kier molecular flexibility index (Phi) is 5.13. The van der Waals surface area contributed by atoms with E-state index in [1.807, 2.05) is 0 Å². The number of hydrogen-bond acceptors (Lipinski definition) is 7. The van der Waals surface area contributed by atoms with Crippen molar-refractivity contribution in [3.05, 3.63) is 42.2 Å². The highest BCUT2D eigenvalue weighted by atomic mass is 16.3. The molecule has 0 amide bonds. The monoisotopic (exact) mass is 368 g/mol. The molecule has 1 aromatic carbocycles. The second kappa shape index (κ2) is 7.70. The van der Waals surface area contributed by atoms with Gasteiger partial charge in [0.15, 0.2) is 0 Å². The molecule has 2 atom stereocenters. The number of fused-ring (bicyclic) bond motifs is 1. The molecular weight excluding hydrogens is 340 g/mol. The largest absolute Gasteiger partial charge is 0.391 e. The van der Waals surface area contributed by atoms with Crippen LogP contribution >= 0.6 is 0 Å². The molecule has 2 aliphatic rings. The van der Waals surface area contributed by atoms with Gasteiger partial charge < -0.3 is 25.1 Å². The maximum absolute atomic E-state index is 10.2. The lowest BCUT2D eigenvalue weighted by Crippen LogP contribution is -2.38. The zero-order valence-corrected chi connectivity index (χ0v) is 16.0. The van der Waals surface area contributed by atoms with Crippen LogP contribution < -0.4 is 15.1 Å². The van der Waals surface area contributed by atoms with Gasteiger partial charge in [-0.1, -0.05) is 18.2 Å². The molecule has 27 heavy (non-hydrogen) atoms. The summed E-state index contributed by atoms with van der Waals surface area (Å²) in [4.78, 5) is 15.7. The molecule has 144 valence electrons. The van der Waals surface area contributed by atoms with Crippen LogP contribution in [0, 0.1) is 0 Å². The normalized spacial score (nSPS) is 22.5. The van der Waals surface area contributed by atoms with Crippen molar-refractivity contribution in [2.75, 3.05) is 55.4 Å². The first-order valence-corrected chi connectivity index (χ1v) is 9.58. The van der Waals surface area contributed by atoms with Gasteiger partial charge in [0.25, 0.3) is 0 Å². The molecule has 0 saturated carbocycles. The van der Waals surface area contributed by atoms with E-state index in [9.17, 15) is 5.11 Å². The Morgan fingerprint density at radius 1 is 1.22 bits per heavy atom.